The molecule has 0 amide bonds. The van der Waals surface area contributed by atoms with Gasteiger partial charge in [-0.15, -0.1) is 11.3 Å². The second kappa shape index (κ2) is 4.44. The number of H-pyrrole nitrogens is 1. The van der Waals surface area contributed by atoms with Crippen molar-refractivity contribution in [3.63, 3.8) is 0 Å². The van der Waals surface area contributed by atoms with E-state index < -0.39 is 0 Å². The molecule has 0 atom stereocenters. The number of aryl methyl sites for hydroxylation is 1. The molecule has 84 valence electrons. The van der Waals surface area contributed by atoms with Crippen LogP contribution in [0, 0.1) is 6.92 Å². The number of nitrogens with zero attached hydrogens (tertiary/aromatic N) is 2. The third kappa shape index (κ3) is 1.96. The minimum atomic E-state index is -0.381. The molecule has 5 nitrogen and oxygen atoms in total. The van der Waals surface area contributed by atoms with E-state index in [2.05, 4.69) is 15.0 Å². The number of aromatic nitrogens is 3. The number of aromatic amines is 1. The van der Waals surface area contributed by atoms with Crippen LogP contribution >= 0.6 is 11.3 Å². The van der Waals surface area contributed by atoms with E-state index >= 15 is 0 Å². The van der Waals surface area contributed by atoms with Gasteiger partial charge in [-0.1, -0.05) is 0 Å². The number of carbonyl (C=O) groups excluding carboxylic acids is 1. The van der Waals surface area contributed by atoms with Crippen molar-refractivity contribution in [2.24, 2.45) is 0 Å². The van der Waals surface area contributed by atoms with E-state index in [0.717, 1.165) is 4.88 Å². The lowest BCUT2D eigenvalue weighted by atomic mass is 10.4. The molecular formula is C10H11N3O2S. The van der Waals surface area contributed by atoms with Crippen LogP contribution in [0.3, 0.4) is 0 Å². The molecule has 0 radical (unpaired) electrons. The van der Waals surface area contributed by atoms with Gasteiger partial charge in [0.15, 0.2) is 16.5 Å². The summed E-state index contributed by atoms with van der Waals surface area (Å²) in [5.74, 6) is 0.290. The summed E-state index contributed by atoms with van der Waals surface area (Å²) in [5.41, 5.74) is 0.373. The Morgan fingerprint density at radius 2 is 2.44 bits per heavy atom. The van der Waals surface area contributed by atoms with Crippen molar-refractivity contribution in [1.29, 1.82) is 0 Å². The highest BCUT2D eigenvalue weighted by molar-refractivity contribution is 7.15. The quantitative estimate of drug-likeness (QED) is 0.829. The van der Waals surface area contributed by atoms with Crippen LogP contribution in [-0.2, 0) is 4.74 Å². The fourth-order valence-electron chi connectivity index (χ4n) is 1.27. The van der Waals surface area contributed by atoms with Gasteiger partial charge in [0.1, 0.15) is 0 Å². The summed E-state index contributed by atoms with van der Waals surface area (Å²) < 4.78 is 4.91. The van der Waals surface area contributed by atoms with E-state index in [1.807, 2.05) is 6.92 Å². The normalized spacial score (nSPS) is 10.4. The first-order chi connectivity index (χ1) is 7.72. The van der Waals surface area contributed by atoms with E-state index in [0.29, 0.717) is 23.1 Å². The highest BCUT2D eigenvalue weighted by Gasteiger charge is 2.17. The minimum Gasteiger partial charge on any atom is -0.461 e. The molecule has 0 saturated carbocycles. The van der Waals surface area contributed by atoms with Crippen LogP contribution in [0.25, 0.3) is 10.8 Å². The van der Waals surface area contributed by atoms with Crippen molar-refractivity contribution in [3.8, 4) is 10.8 Å². The lowest BCUT2D eigenvalue weighted by Crippen LogP contribution is -2.06. The zero-order valence-corrected chi connectivity index (χ0v) is 9.80. The zero-order valence-electron chi connectivity index (χ0n) is 8.98. The Morgan fingerprint density at radius 1 is 1.62 bits per heavy atom. The lowest BCUT2D eigenvalue weighted by molar-refractivity contribution is 0.0519. The second-order valence-corrected chi connectivity index (χ2v) is 4.29. The molecule has 2 aromatic rings. The third-order valence-electron chi connectivity index (χ3n) is 1.97. The van der Waals surface area contributed by atoms with Crippen molar-refractivity contribution in [2.75, 3.05) is 6.61 Å². The fraction of sp³-hybridized carbons (Fsp3) is 0.300. The number of hydrogen-bond acceptors (Lipinski definition) is 5. The van der Waals surface area contributed by atoms with Crippen molar-refractivity contribution in [3.05, 3.63) is 23.0 Å². The molecule has 0 unspecified atom stereocenters. The van der Waals surface area contributed by atoms with Gasteiger partial charge in [0.05, 0.1) is 6.61 Å². The van der Waals surface area contributed by atoms with Crippen LogP contribution in [0.15, 0.2) is 12.4 Å². The van der Waals surface area contributed by atoms with Gasteiger partial charge in [0.2, 0.25) is 0 Å². The molecule has 0 spiro atoms. The number of hydrogen-bond donors (Lipinski definition) is 1. The first-order valence-corrected chi connectivity index (χ1v) is 5.68. The summed E-state index contributed by atoms with van der Waals surface area (Å²) in [6.07, 6.45) is 3.37. The maximum Gasteiger partial charge on any atom is 0.358 e. The molecule has 2 rings (SSSR count). The zero-order chi connectivity index (χ0) is 11.5. The van der Waals surface area contributed by atoms with Crippen molar-refractivity contribution in [1.82, 2.24) is 15.0 Å². The predicted molar refractivity (Wildman–Crippen MR) is 60.4 cm³/mol. The van der Waals surface area contributed by atoms with Gasteiger partial charge in [0.25, 0.3) is 0 Å². The molecular weight excluding hydrogens is 226 g/mol. The van der Waals surface area contributed by atoms with Crippen LogP contribution in [0.5, 0.6) is 0 Å². The second-order valence-electron chi connectivity index (χ2n) is 3.08. The summed E-state index contributed by atoms with van der Waals surface area (Å²) in [5, 5.41) is 0.700. The smallest absolute Gasteiger partial charge is 0.358 e. The molecule has 0 saturated heterocycles. The van der Waals surface area contributed by atoms with E-state index in [4.69, 9.17) is 4.74 Å². The number of carbonyl (C=O) groups is 1. The Labute approximate surface area is 96.5 Å². The minimum absolute atomic E-state index is 0.353. The highest BCUT2D eigenvalue weighted by Crippen LogP contribution is 2.25. The first-order valence-electron chi connectivity index (χ1n) is 4.86. The molecule has 2 heterocycles. The average Bonchev–Trinajstić information content (AvgIpc) is 2.86. The molecule has 0 aliphatic carbocycles. The number of thiazole rings is 1. The molecule has 0 bridgehead atoms. The Hall–Kier alpha value is -1.69. The molecule has 0 aliphatic heterocycles. The standard InChI is InChI=1S/C10H11N3O2S/c1-3-15-10(14)7-6(2)16-9(13-7)8-11-4-5-12-8/h4-5H,3H2,1-2H3,(H,11,12). The maximum atomic E-state index is 11.5. The van der Waals surface area contributed by atoms with Gasteiger partial charge in [-0.05, 0) is 13.8 Å². The predicted octanol–water partition coefficient (Wildman–Crippen LogP) is 2.02. The van der Waals surface area contributed by atoms with E-state index in [9.17, 15) is 4.79 Å². The summed E-state index contributed by atoms with van der Waals surface area (Å²) in [4.78, 5) is 23.6. The Balaban J connectivity index is 2.32. The third-order valence-corrected chi connectivity index (χ3v) is 2.94. The monoisotopic (exact) mass is 237 g/mol. The first kappa shape index (κ1) is 10.8. The molecule has 0 fully saturated rings. The summed E-state index contributed by atoms with van der Waals surface area (Å²) in [6, 6.07) is 0. The van der Waals surface area contributed by atoms with Crippen LogP contribution in [0.4, 0.5) is 0 Å². The van der Waals surface area contributed by atoms with Gasteiger partial charge < -0.3 is 9.72 Å². The molecule has 0 aromatic carbocycles. The Bertz CT molecular complexity index is 490. The Kier molecular flexibility index (Phi) is 3.00. The molecule has 2 aromatic heterocycles. The van der Waals surface area contributed by atoms with Crippen LogP contribution in [0.2, 0.25) is 0 Å². The van der Waals surface area contributed by atoms with E-state index in [1.54, 1.807) is 19.3 Å². The highest BCUT2D eigenvalue weighted by atomic mass is 32.1. The summed E-state index contributed by atoms with van der Waals surface area (Å²) in [7, 11) is 0. The number of imidazole rings is 1. The average molecular weight is 237 g/mol. The summed E-state index contributed by atoms with van der Waals surface area (Å²) >= 11 is 1.42. The van der Waals surface area contributed by atoms with Crippen molar-refractivity contribution < 1.29 is 9.53 Å². The largest absolute Gasteiger partial charge is 0.461 e. The Morgan fingerprint density at radius 3 is 3.06 bits per heavy atom. The SMILES string of the molecule is CCOC(=O)c1nc(-c2ncc[nH]2)sc1C. The van der Waals surface area contributed by atoms with Crippen LogP contribution < -0.4 is 0 Å². The molecule has 6 heteroatoms. The number of esters is 1. The van der Waals surface area contributed by atoms with Gasteiger partial charge in [-0.3, -0.25) is 0 Å². The number of rotatable bonds is 3. The summed E-state index contributed by atoms with van der Waals surface area (Å²) in [6.45, 7) is 3.97. The van der Waals surface area contributed by atoms with Crippen molar-refractivity contribution in [2.45, 2.75) is 13.8 Å². The van der Waals surface area contributed by atoms with E-state index in [-0.39, 0.29) is 5.97 Å². The van der Waals surface area contributed by atoms with Gasteiger partial charge in [0, 0.05) is 17.3 Å². The van der Waals surface area contributed by atoms with Crippen LogP contribution in [0.1, 0.15) is 22.3 Å². The molecule has 16 heavy (non-hydrogen) atoms. The topological polar surface area (TPSA) is 67.9 Å². The van der Waals surface area contributed by atoms with Gasteiger partial charge in [-0.25, -0.2) is 14.8 Å². The molecule has 1 N–H and O–H groups in total. The maximum absolute atomic E-state index is 11.5. The van der Waals surface area contributed by atoms with Crippen LogP contribution in [-0.4, -0.2) is 27.5 Å². The fourth-order valence-corrected chi connectivity index (χ4v) is 2.13. The van der Waals surface area contributed by atoms with Crippen molar-refractivity contribution >= 4 is 17.3 Å². The van der Waals surface area contributed by atoms with Gasteiger partial charge >= 0.3 is 5.97 Å². The lowest BCUT2D eigenvalue weighted by Gasteiger charge is -1.97. The number of nitrogens with one attached hydrogen (secondary N) is 1. The van der Waals surface area contributed by atoms with Gasteiger partial charge in [-0.2, -0.15) is 0 Å². The number of ether oxygens (including phenoxy) is 1. The molecule has 0 aliphatic rings. The van der Waals surface area contributed by atoms with E-state index in [1.165, 1.54) is 11.3 Å².